The minimum atomic E-state index is -0.364. The van der Waals surface area contributed by atoms with Crippen LogP contribution in [0.15, 0.2) is 60.1 Å². The molecule has 1 aromatic carbocycles. The van der Waals surface area contributed by atoms with Gasteiger partial charge in [0.1, 0.15) is 0 Å². The number of carbonyl (C=O) groups is 1. The number of anilines is 1. The van der Waals surface area contributed by atoms with Crippen molar-refractivity contribution >= 4 is 23.0 Å². The lowest BCUT2D eigenvalue weighted by Crippen LogP contribution is -2.28. The molecular weight excluding hydrogens is 304 g/mol. The van der Waals surface area contributed by atoms with Crippen LogP contribution >= 0.6 is 0 Å². The van der Waals surface area contributed by atoms with Crippen LogP contribution in [0.4, 0.5) is 5.95 Å². The van der Waals surface area contributed by atoms with E-state index < -0.39 is 0 Å². The first-order valence-electron chi connectivity index (χ1n) is 7.63. The number of methoxy groups -OCH3 is 1. The number of esters is 1. The van der Waals surface area contributed by atoms with Crippen molar-refractivity contribution in [1.29, 1.82) is 0 Å². The van der Waals surface area contributed by atoms with Gasteiger partial charge >= 0.3 is 5.97 Å². The lowest BCUT2D eigenvalue weighted by Gasteiger charge is -2.29. The molecule has 0 aliphatic carbocycles. The highest BCUT2D eigenvalue weighted by Crippen LogP contribution is 2.39. The van der Waals surface area contributed by atoms with Crippen LogP contribution in [0.25, 0.3) is 11.0 Å². The summed E-state index contributed by atoms with van der Waals surface area (Å²) in [4.78, 5) is 21.3. The van der Waals surface area contributed by atoms with Crippen molar-refractivity contribution in [3.63, 3.8) is 0 Å². The van der Waals surface area contributed by atoms with Gasteiger partial charge in [-0.15, -0.1) is 0 Å². The predicted octanol–water partition coefficient (Wildman–Crippen LogP) is 2.89. The molecule has 0 radical (unpaired) electrons. The van der Waals surface area contributed by atoms with Gasteiger partial charge in [-0.25, -0.2) is 9.78 Å². The number of ether oxygens (including phenoxy) is 1. The molecule has 0 fully saturated rings. The van der Waals surface area contributed by atoms with Crippen LogP contribution in [0.2, 0.25) is 0 Å². The number of allylic oxidation sites excluding steroid dienone is 1. The van der Waals surface area contributed by atoms with Crippen molar-refractivity contribution in [2.45, 2.75) is 13.0 Å². The third-order valence-corrected chi connectivity index (χ3v) is 4.24. The molecule has 24 heavy (non-hydrogen) atoms. The number of nitrogens with zero attached hydrogens (tertiary/aromatic N) is 3. The molecular formula is C18H16N4O2. The Bertz CT molecular complexity index is 960. The minimum absolute atomic E-state index is 0.338. The highest BCUT2D eigenvalue weighted by Gasteiger charge is 2.34. The molecule has 0 saturated carbocycles. The van der Waals surface area contributed by atoms with Crippen LogP contribution < -0.4 is 5.32 Å². The second-order valence-electron chi connectivity index (χ2n) is 5.64. The smallest absolute Gasteiger partial charge is 0.337 e. The molecule has 2 aromatic heterocycles. The summed E-state index contributed by atoms with van der Waals surface area (Å²) in [6.45, 7) is 1.86. The molecule has 3 aromatic rings. The molecule has 6 heteroatoms. The van der Waals surface area contributed by atoms with Gasteiger partial charge in [-0.3, -0.25) is 9.55 Å². The number of para-hydroxylation sites is 2. The summed E-state index contributed by atoms with van der Waals surface area (Å²) in [5.41, 5.74) is 4.01. The first-order valence-corrected chi connectivity index (χ1v) is 7.63. The monoisotopic (exact) mass is 320 g/mol. The standard InChI is InChI=1S/C18H16N4O2/c1-11-15(17(23)24-2)16(12-6-5-9-19-10-12)22-14-8-4-3-7-13(14)21-18(22)20-11/h3-10,16H,1-2H3,(H,20,21)/t16-/m1/s1. The Morgan fingerprint density at radius 2 is 2.08 bits per heavy atom. The molecule has 1 atom stereocenters. The number of fused-ring (bicyclic) bond motifs is 3. The number of carbonyl (C=O) groups excluding carboxylic acids is 1. The molecule has 0 spiro atoms. The molecule has 1 N–H and O–H groups in total. The van der Waals surface area contributed by atoms with Crippen molar-refractivity contribution in [3.8, 4) is 0 Å². The third kappa shape index (κ3) is 2.07. The first-order chi connectivity index (χ1) is 11.7. The summed E-state index contributed by atoms with van der Waals surface area (Å²) in [5.74, 6) is 0.340. The van der Waals surface area contributed by atoms with E-state index in [4.69, 9.17) is 4.74 Å². The number of aromatic nitrogens is 3. The molecule has 1 aliphatic heterocycles. The zero-order valence-electron chi connectivity index (χ0n) is 13.4. The number of imidazole rings is 1. The predicted molar refractivity (Wildman–Crippen MR) is 90.4 cm³/mol. The van der Waals surface area contributed by atoms with E-state index in [0.29, 0.717) is 11.5 Å². The average Bonchev–Trinajstić information content (AvgIpc) is 2.98. The fourth-order valence-corrected chi connectivity index (χ4v) is 3.19. The van der Waals surface area contributed by atoms with Crippen LogP contribution in [0.3, 0.4) is 0 Å². The fraction of sp³-hybridized carbons (Fsp3) is 0.167. The van der Waals surface area contributed by atoms with Gasteiger partial charge in [-0.05, 0) is 30.7 Å². The molecule has 6 nitrogen and oxygen atoms in total. The summed E-state index contributed by atoms with van der Waals surface area (Å²) in [7, 11) is 1.39. The number of benzene rings is 1. The summed E-state index contributed by atoms with van der Waals surface area (Å²) in [5, 5.41) is 3.22. The van der Waals surface area contributed by atoms with Crippen LogP contribution in [-0.4, -0.2) is 27.6 Å². The Balaban J connectivity index is 2.02. The van der Waals surface area contributed by atoms with E-state index in [0.717, 1.165) is 22.3 Å². The van der Waals surface area contributed by atoms with Crippen molar-refractivity contribution < 1.29 is 9.53 Å². The maximum atomic E-state index is 12.5. The summed E-state index contributed by atoms with van der Waals surface area (Å²) >= 11 is 0. The van der Waals surface area contributed by atoms with Crippen molar-refractivity contribution in [1.82, 2.24) is 14.5 Å². The number of hydrogen-bond donors (Lipinski definition) is 1. The molecule has 1 aliphatic rings. The number of nitrogens with one attached hydrogen (secondary N) is 1. The molecule has 0 unspecified atom stereocenters. The van der Waals surface area contributed by atoms with E-state index in [1.807, 2.05) is 47.9 Å². The zero-order chi connectivity index (χ0) is 16.7. The molecule has 4 rings (SSSR count). The summed E-state index contributed by atoms with van der Waals surface area (Å²) in [6.07, 6.45) is 3.48. The van der Waals surface area contributed by atoms with Gasteiger partial charge in [0.2, 0.25) is 5.95 Å². The maximum absolute atomic E-state index is 12.5. The van der Waals surface area contributed by atoms with Gasteiger partial charge in [-0.1, -0.05) is 18.2 Å². The average molecular weight is 320 g/mol. The molecule has 3 heterocycles. The van der Waals surface area contributed by atoms with Gasteiger partial charge in [0.15, 0.2) is 0 Å². The minimum Gasteiger partial charge on any atom is -0.466 e. The van der Waals surface area contributed by atoms with Gasteiger partial charge in [0.25, 0.3) is 0 Å². The van der Waals surface area contributed by atoms with Crippen LogP contribution in [0, 0.1) is 0 Å². The van der Waals surface area contributed by atoms with E-state index in [-0.39, 0.29) is 12.0 Å². The Morgan fingerprint density at radius 3 is 2.83 bits per heavy atom. The van der Waals surface area contributed by atoms with Gasteiger partial charge in [0.05, 0.1) is 29.8 Å². The van der Waals surface area contributed by atoms with Gasteiger partial charge < -0.3 is 10.1 Å². The number of hydrogen-bond acceptors (Lipinski definition) is 5. The zero-order valence-corrected chi connectivity index (χ0v) is 13.4. The molecule has 0 amide bonds. The van der Waals surface area contributed by atoms with E-state index in [1.165, 1.54) is 7.11 Å². The van der Waals surface area contributed by atoms with Crippen LogP contribution in [0.1, 0.15) is 18.5 Å². The normalized spacial score (nSPS) is 16.7. The van der Waals surface area contributed by atoms with E-state index in [2.05, 4.69) is 15.3 Å². The first kappa shape index (κ1) is 14.4. The highest BCUT2D eigenvalue weighted by molar-refractivity contribution is 5.93. The lowest BCUT2D eigenvalue weighted by atomic mass is 9.96. The molecule has 120 valence electrons. The Hall–Kier alpha value is -3.15. The van der Waals surface area contributed by atoms with Gasteiger partial charge in [-0.2, -0.15) is 0 Å². The summed E-state index contributed by atoms with van der Waals surface area (Å²) < 4.78 is 7.04. The largest absolute Gasteiger partial charge is 0.466 e. The molecule has 0 saturated heterocycles. The molecule has 0 bridgehead atoms. The van der Waals surface area contributed by atoms with Crippen molar-refractivity contribution in [2.75, 3.05) is 12.4 Å². The maximum Gasteiger partial charge on any atom is 0.337 e. The second kappa shape index (κ2) is 5.49. The van der Waals surface area contributed by atoms with Gasteiger partial charge in [0, 0.05) is 18.1 Å². The Kier molecular flexibility index (Phi) is 3.30. The van der Waals surface area contributed by atoms with Crippen LogP contribution in [-0.2, 0) is 9.53 Å². The lowest BCUT2D eigenvalue weighted by molar-refractivity contribution is -0.136. The SMILES string of the molecule is COC(=O)C1=C(C)Nc2nc3ccccc3n2[C@@H]1c1cccnc1. The highest BCUT2D eigenvalue weighted by atomic mass is 16.5. The summed E-state index contributed by atoms with van der Waals surface area (Å²) in [6, 6.07) is 11.3. The fourth-order valence-electron chi connectivity index (χ4n) is 3.19. The van der Waals surface area contributed by atoms with Crippen LogP contribution in [0.5, 0.6) is 0 Å². The second-order valence-corrected chi connectivity index (χ2v) is 5.64. The topological polar surface area (TPSA) is 69.0 Å². The van der Waals surface area contributed by atoms with E-state index in [9.17, 15) is 4.79 Å². The van der Waals surface area contributed by atoms with E-state index >= 15 is 0 Å². The Morgan fingerprint density at radius 1 is 1.25 bits per heavy atom. The van der Waals surface area contributed by atoms with E-state index in [1.54, 1.807) is 12.4 Å². The Labute approximate surface area is 138 Å². The number of rotatable bonds is 2. The van der Waals surface area contributed by atoms with Crippen molar-refractivity contribution in [2.24, 2.45) is 0 Å². The third-order valence-electron chi connectivity index (χ3n) is 4.24. The quantitative estimate of drug-likeness (QED) is 0.735. The van der Waals surface area contributed by atoms with Crippen molar-refractivity contribution in [3.05, 3.63) is 65.6 Å². The number of pyridine rings is 1.